The molecule has 290 valence electrons. The topological polar surface area (TPSA) is 19.6 Å². The molecule has 1 heterocycles. The van der Waals surface area contributed by atoms with Crippen LogP contribution in [-0.4, -0.2) is 0 Å². The minimum Gasteiger partial charge on any atom is -0.455 e. The summed E-state index contributed by atoms with van der Waals surface area (Å²) in [6.45, 7) is 4.40. The van der Waals surface area contributed by atoms with Gasteiger partial charge in [-0.05, 0) is 72.5 Å². The zero-order valence-corrected chi connectivity index (χ0v) is 34.1. The summed E-state index contributed by atoms with van der Waals surface area (Å²) in [6.07, 6.45) is 0. The Morgan fingerprint density at radius 1 is 0.279 bits per heavy atom. The van der Waals surface area contributed by atoms with Crippen LogP contribution in [0.4, 0.5) is 34.1 Å². The van der Waals surface area contributed by atoms with Crippen LogP contribution in [0.3, 0.4) is 0 Å². The van der Waals surface area contributed by atoms with Crippen LogP contribution in [0.25, 0.3) is 65.7 Å². The van der Waals surface area contributed by atoms with Crippen molar-refractivity contribution >= 4 is 77.6 Å². The van der Waals surface area contributed by atoms with E-state index >= 15 is 0 Å². The van der Waals surface area contributed by atoms with Crippen LogP contribution < -0.4 is 9.80 Å². The van der Waals surface area contributed by atoms with Crippen LogP contribution in [0.15, 0.2) is 223 Å². The van der Waals surface area contributed by atoms with Gasteiger partial charge in [-0.1, -0.05) is 182 Å². The van der Waals surface area contributed by atoms with Gasteiger partial charge in [0.1, 0.15) is 11.2 Å². The van der Waals surface area contributed by atoms with Crippen molar-refractivity contribution in [2.24, 2.45) is 0 Å². The molecule has 0 aliphatic heterocycles. The van der Waals surface area contributed by atoms with E-state index < -0.39 is 0 Å². The molecule has 0 amide bonds. The maximum absolute atomic E-state index is 7.17. The van der Waals surface area contributed by atoms with E-state index in [1.54, 1.807) is 0 Å². The predicted molar refractivity (Wildman–Crippen MR) is 258 cm³/mol. The van der Waals surface area contributed by atoms with Gasteiger partial charge in [-0.3, -0.25) is 0 Å². The fourth-order valence-electron chi connectivity index (χ4n) is 9.22. The number of hydrogen-bond acceptors (Lipinski definition) is 3. The average molecular weight is 783 g/mol. The molecule has 11 rings (SSSR count). The van der Waals surface area contributed by atoms with Gasteiger partial charge in [0, 0.05) is 54.8 Å². The van der Waals surface area contributed by atoms with Crippen molar-refractivity contribution in [2.45, 2.75) is 13.8 Å². The second-order valence-electron chi connectivity index (χ2n) is 15.7. The van der Waals surface area contributed by atoms with E-state index in [4.69, 9.17) is 4.42 Å². The Morgan fingerprint density at radius 2 is 0.607 bits per heavy atom. The van der Waals surface area contributed by atoms with E-state index in [2.05, 4.69) is 242 Å². The van der Waals surface area contributed by atoms with Gasteiger partial charge >= 0.3 is 0 Å². The third-order valence-corrected chi connectivity index (χ3v) is 12.1. The van der Waals surface area contributed by atoms with Crippen LogP contribution in [0.5, 0.6) is 0 Å². The van der Waals surface area contributed by atoms with E-state index in [1.807, 2.05) is 0 Å². The number of rotatable bonds is 8. The van der Waals surface area contributed by atoms with Gasteiger partial charge in [0.05, 0.1) is 22.7 Å². The summed E-state index contributed by atoms with van der Waals surface area (Å²) in [5, 5.41) is 6.49. The Morgan fingerprint density at radius 3 is 1.02 bits per heavy atom. The maximum atomic E-state index is 7.17. The summed E-state index contributed by atoms with van der Waals surface area (Å²) in [5.41, 5.74) is 15.4. The highest BCUT2D eigenvalue weighted by molar-refractivity contribution is 6.25. The molecule has 0 saturated heterocycles. The summed E-state index contributed by atoms with van der Waals surface area (Å²) in [4.78, 5) is 4.91. The zero-order valence-electron chi connectivity index (χ0n) is 34.1. The lowest BCUT2D eigenvalue weighted by Crippen LogP contribution is -2.13. The highest BCUT2D eigenvalue weighted by Crippen LogP contribution is 2.51. The average Bonchev–Trinajstić information content (AvgIpc) is 3.70. The minimum atomic E-state index is 0.879. The van der Waals surface area contributed by atoms with Gasteiger partial charge in [0.25, 0.3) is 0 Å². The summed E-state index contributed by atoms with van der Waals surface area (Å²) in [7, 11) is 0. The molecule has 0 atom stereocenters. The van der Waals surface area contributed by atoms with Crippen molar-refractivity contribution in [1.82, 2.24) is 0 Å². The smallest absolute Gasteiger partial charge is 0.143 e. The van der Waals surface area contributed by atoms with Gasteiger partial charge in [0.15, 0.2) is 0 Å². The lowest BCUT2D eigenvalue weighted by Gasteiger charge is -2.30. The van der Waals surface area contributed by atoms with Gasteiger partial charge in [-0.2, -0.15) is 0 Å². The molecule has 0 unspecified atom stereocenters. The third-order valence-electron chi connectivity index (χ3n) is 12.1. The lowest BCUT2D eigenvalue weighted by atomic mass is 9.97. The highest BCUT2D eigenvalue weighted by Gasteiger charge is 2.26. The standard InChI is InChI=1S/C58H42N2O/c1-39-21-9-17-33-51(39)59(53-35-19-15-27-43(53)41-23-5-3-6-24-41)55-37-49-50-38-56(46-30-12-14-32-48(46)58(50)61-57(49)47-31-13-11-29-45(47)55)60(52-34-18-10-22-40(52)2)54-36-20-16-28-44(54)42-25-7-4-8-26-42/h3-38H,1-2H3. The second-order valence-corrected chi connectivity index (χ2v) is 15.7. The molecule has 10 aromatic carbocycles. The van der Waals surface area contributed by atoms with E-state index in [-0.39, 0.29) is 0 Å². The van der Waals surface area contributed by atoms with Crippen LogP contribution in [-0.2, 0) is 0 Å². The number of benzene rings is 10. The van der Waals surface area contributed by atoms with Gasteiger partial charge < -0.3 is 14.2 Å². The molecule has 11 aromatic rings. The van der Waals surface area contributed by atoms with E-state index in [9.17, 15) is 0 Å². The largest absolute Gasteiger partial charge is 0.455 e. The molecular formula is C58H42N2O. The van der Waals surface area contributed by atoms with E-state index in [1.165, 1.54) is 22.3 Å². The number of fused-ring (bicyclic) bond motifs is 7. The quantitative estimate of drug-likeness (QED) is 0.153. The molecule has 3 nitrogen and oxygen atoms in total. The molecule has 0 N–H and O–H groups in total. The molecule has 0 fully saturated rings. The monoisotopic (exact) mass is 782 g/mol. The van der Waals surface area contributed by atoms with Gasteiger partial charge in [0.2, 0.25) is 0 Å². The normalized spacial score (nSPS) is 11.4. The van der Waals surface area contributed by atoms with Crippen molar-refractivity contribution in [3.63, 3.8) is 0 Å². The Balaban J connectivity index is 1.25. The fraction of sp³-hybridized carbons (Fsp3) is 0.0345. The first-order valence-corrected chi connectivity index (χ1v) is 20.9. The minimum absolute atomic E-state index is 0.879. The van der Waals surface area contributed by atoms with Gasteiger partial charge in [-0.25, -0.2) is 0 Å². The number of para-hydroxylation sites is 4. The predicted octanol–water partition coefficient (Wildman–Crippen LogP) is 16.8. The van der Waals surface area contributed by atoms with Crippen LogP contribution in [0.1, 0.15) is 11.1 Å². The second kappa shape index (κ2) is 15.1. The molecule has 0 aliphatic carbocycles. The van der Waals surface area contributed by atoms with Crippen molar-refractivity contribution in [3.8, 4) is 22.3 Å². The maximum Gasteiger partial charge on any atom is 0.143 e. The summed E-state index contributed by atoms with van der Waals surface area (Å²) in [6, 6.07) is 78.5. The molecule has 61 heavy (non-hydrogen) atoms. The van der Waals surface area contributed by atoms with Gasteiger partial charge in [-0.15, -0.1) is 0 Å². The highest BCUT2D eigenvalue weighted by atomic mass is 16.3. The van der Waals surface area contributed by atoms with E-state index in [0.717, 1.165) is 88.7 Å². The number of hydrogen-bond donors (Lipinski definition) is 0. The number of nitrogens with zero attached hydrogens (tertiary/aromatic N) is 2. The number of aryl methyl sites for hydroxylation is 2. The van der Waals surface area contributed by atoms with E-state index in [0.29, 0.717) is 0 Å². The first-order valence-electron chi connectivity index (χ1n) is 20.9. The van der Waals surface area contributed by atoms with Crippen molar-refractivity contribution in [2.75, 3.05) is 9.80 Å². The lowest BCUT2D eigenvalue weighted by molar-refractivity contribution is 0.676. The molecule has 0 aliphatic rings. The SMILES string of the molecule is Cc1ccccc1N(c1ccccc1-c1ccccc1)c1cc2c3cc(N(c4ccccc4C)c4ccccc4-c4ccccc4)c4ccccc4c3oc2c2ccccc12. The summed E-state index contributed by atoms with van der Waals surface area (Å²) < 4.78 is 7.17. The van der Waals surface area contributed by atoms with Crippen LogP contribution in [0.2, 0.25) is 0 Å². The first-order chi connectivity index (χ1) is 30.1. The summed E-state index contributed by atoms with van der Waals surface area (Å²) >= 11 is 0. The molecule has 1 aromatic heterocycles. The zero-order chi connectivity index (χ0) is 40.9. The van der Waals surface area contributed by atoms with Crippen molar-refractivity contribution in [1.29, 1.82) is 0 Å². The Hall–Kier alpha value is -7.88. The third kappa shape index (κ3) is 6.13. The molecule has 0 saturated carbocycles. The molecule has 0 bridgehead atoms. The molecule has 0 spiro atoms. The Bertz CT molecular complexity index is 3180. The van der Waals surface area contributed by atoms with Crippen LogP contribution >= 0.6 is 0 Å². The first kappa shape index (κ1) is 36.2. The number of furan rings is 1. The molecule has 0 radical (unpaired) electrons. The fourth-order valence-corrected chi connectivity index (χ4v) is 9.22. The van der Waals surface area contributed by atoms with Crippen LogP contribution in [0, 0.1) is 13.8 Å². The number of anilines is 6. The molecular weight excluding hydrogens is 741 g/mol. The Labute approximate surface area is 356 Å². The summed E-state index contributed by atoms with van der Waals surface area (Å²) in [5.74, 6) is 0. The molecule has 3 heteroatoms. The Kier molecular flexibility index (Phi) is 8.94. The van der Waals surface area contributed by atoms with Crippen molar-refractivity contribution in [3.05, 3.63) is 230 Å². The van der Waals surface area contributed by atoms with Crippen molar-refractivity contribution < 1.29 is 4.42 Å².